The van der Waals surface area contributed by atoms with Crippen LogP contribution in [0, 0.1) is 12.7 Å². The smallest absolute Gasteiger partial charge is 0.277 e. The zero-order valence-electron chi connectivity index (χ0n) is 20.5. The monoisotopic (exact) mass is 463 g/mol. The van der Waals surface area contributed by atoms with E-state index in [0.717, 1.165) is 31.2 Å². The highest BCUT2D eigenvalue weighted by Crippen LogP contribution is 2.34. The van der Waals surface area contributed by atoms with E-state index in [2.05, 4.69) is 4.99 Å². The van der Waals surface area contributed by atoms with E-state index < -0.39 is 17.8 Å². The van der Waals surface area contributed by atoms with Crippen LogP contribution >= 0.6 is 0 Å². The fourth-order valence-electron chi connectivity index (χ4n) is 4.65. The predicted molar refractivity (Wildman–Crippen MR) is 136 cm³/mol. The molecule has 180 valence electrons. The topological polar surface area (TPSA) is 53.0 Å². The molecule has 1 fully saturated rings. The second-order valence-corrected chi connectivity index (χ2v) is 8.74. The van der Waals surface area contributed by atoms with Gasteiger partial charge in [0, 0.05) is 20.1 Å². The Balaban J connectivity index is 2.21. The quantitative estimate of drug-likeness (QED) is 0.499. The van der Waals surface area contributed by atoms with Crippen LogP contribution in [0.2, 0.25) is 0 Å². The van der Waals surface area contributed by atoms with Crippen molar-refractivity contribution in [1.29, 1.82) is 0 Å². The molecule has 0 aliphatic heterocycles. The number of benzene rings is 2. The molecule has 1 aliphatic rings. The van der Waals surface area contributed by atoms with Gasteiger partial charge in [0.1, 0.15) is 17.6 Å². The van der Waals surface area contributed by atoms with Crippen LogP contribution < -0.4 is 4.90 Å². The molecule has 2 amide bonds. The van der Waals surface area contributed by atoms with Gasteiger partial charge in [0.2, 0.25) is 5.91 Å². The van der Waals surface area contributed by atoms with Gasteiger partial charge in [0.25, 0.3) is 5.91 Å². The highest BCUT2D eigenvalue weighted by molar-refractivity contribution is 6.48. The minimum atomic E-state index is -1.03. The average Bonchev–Trinajstić information content (AvgIpc) is 2.86. The van der Waals surface area contributed by atoms with Crippen LogP contribution in [0.5, 0.6) is 0 Å². The molecule has 5 nitrogen and oxygen atoms in total. The Morgan fingerprint density at radius 1 is 1.06 bits per heavy atom. The first-order valence-corrected chi connectivity index (χ1v) is 11.9. The summed E-state index contributed by atoms with van der Waals surface area (Å²) in [5.41, 5.74) is 1.73. The van der Waals surface area contributed by atoms with Gasteiger partial charge in [0.05, 0.1) is 5.69 Å². The number of hydrogen-bond acceptors (Lipinski definition) is 3. The van der Waals surface area contributed by atoms with Crippen LogP contribution in [-0.2, 0) is 9.59 Å². The maximum absolute atomic E-state index is 15.2. The molecule has 0 radical (unpaired) electrons. The molecule has 34 heavy (non-hydrogen) atoms. The number of carbonyl (C=O) groups is 2. The summed E-state index contributed by atoms with van der Waals surface area (Å²) in [6, 6.07) is 12.6. The van der Waals surface area contributed by atoms with E-state index in [9.17, 15) is 9.59 Å². The zero-order valence-corrected chi connectivity index (χ0v) is 20.5. The molecule has 2 aromatic rings. The van der Waals surface area contributed by atoms with Crippen LogP contribution in [0.25, 0.3) is 0 Å². The maximum atomic E-state index is 15.2. The maximum Gasteiger partial charge on any atom is 0.277 e. The fraction of sp³-hybridized carbons (Fsp3) is 0.393. The Morgan fingerprint density at radius 3 is 2.32 bits per heavy atom. The van der Waals surface area contributed by atoms with Gasteiger partial charge in [-0.3, -0.25) is 19.5 Å². The van der Waals surface area contributed by atoms with Gasteiger partial charge in [-0.1, -0.05) is 61.7 Å². The molecule has 1 atom stereocenters. The molecular formula is C28H34FN3O2. The summed E-state index contributed by atoms with van der Waals surface area (Å²) in [6.45, 7) is 3.69. The summed E-state index contributed by atoms with van der Waals surface area (Å²) in [5, 5.41) is 0. The zero-order chi connectivity index (χ0) is 24.7. The lowest BCUT2D eigenvalue weighted by Gasteiger charge is -2.38. The molecule has 0 N–H and O–H groups in total. The summed E-state index contributed by atoms with van der Waals surface area (Å²) in [4.78, 5) is 35.2. The number of anilines is 1. The number of nitrogens with zero attached hydrogens (tertiary/aromatic N) is 3. The van der Waals surface area contributed by atoms with Crippen molar-refractivity contribution in [3.8, 4) is 0 Å². The summed E-state index contributed by atoms with van der Waals surface area (Å²) >= 11 is 0. The van der Waals surface area contributed by atoms with E-state index in [0.29, 0.717) is 5.56 Å². The number of allylic oxidation sites excluding steroid dienone is 1. The normalized spacial score (nSPS) is 15.9. The minimum absolute atomic E-state index is 0.0526. The highest BCUT2D eigenvalue weighted by atomic mass is 19.1. The van der Waals surface area contributed by atoms with Crippen molar-refractivity contribution in [2.45, 2.75) is 58.0 Å². The van der Waals surface area contributed by atoms with Gasteiger partial charge >= 0.3 is 0 Å². The molecular weight excluding hydrogens is 429 g/mol. The second-order valence-electron chi connectivity index (χ2n) is 8.74. The van der Waals surface area contributed by atoms with Gasteiger partial charge in [-0.05, 0) is 56.0 Å². The number of rotatable bonds is 7. The summed E-state index contributed by atoms with van der Waals surface area (Å²) in [7, 11) is 3.32. The number of amides is 2. The minimum Gasteiger partial charge on any atom is -0.341 e. The van der Waals surface area contributed by atoms with Crippen LogP contribution in [0.15, 0.2) is 65.7 Å². The second kappa shape index (κ2) is 11.7. The number of aryl methyl sites for hydroxylation is 1. The third-order valence-corrected chi connectivity index (χ3v) is 6.56. The number of halogens is 1. The first kappa shape index (κ1) is 25.3. The third kappa shape index (κ3) is 5.44. The van der Waals surface area contributed by atoms with Gasteiger partial charge in [-0.25, -0.2) is 4.39 Å². The molecule has 0 aromatic heterocycles. The van der Waals surface area contributed by atoms with Gasteiger partial charge in [-0.2, -0.15) is 0 Å². The lowest BCUT2D eigenvalue weighted by molar-refractivity contribution is -0.135. The van der Waals surface area contributed by atoms with Crippen molar-refractivity contribution in [3.05, 3.63) is 77.6 Å². The molecule has 0 saturated heterocycles. The molecule has 2 aromatic carbocycles. The van der Waals surface area contributed by atoms with Crippen LogP contribution in [-0.4, -0.2) is 42.6 Å². The first-order valence-electron chi connectivity index (χ1n) is 11.9. The van der Waals surface area contributed by atoms with Crippen molar-refractivity contribution >= 4 is 23.2 Å². The summed E-state index contributed by atoms with van der Waals surface area (Å²) in [6.07, 6.45) is 8.45. The van der Waals surface area contributed by atoms with Crippen molar-refractivity contribution < 1.29 is 14.0 Å². The number of likely N-dealkylation sites (N-methyl/N-ethyl adjacent to an activating group) is 1. The van der Waals surface area contributed by atoms with Gasteiger partial charge < -0.3 is 4.90 Å². The summed E-state index contributed by atoms with van der Waals surface area (Å²) in [5.74, 6) is -1.32. The van der Waals surface area contributed by atoms with Crippen LogP contribution in [0.3, 0.4) is 0 Å². The van der Waals surface area contributed by atoms with E-state index >= 15 is 4.39 Å². The summed E-state index contributed by atoms with van der Waals surface area (Å²) < 4.78 is 15.2. The molecule has 0 spiro atoms. The Morgan fingerprint density at radius 2 is 1.71 bits per heavy atom. The van der Waals surface area contributed by atoms with E-state index in [1.807, 2.05) is 31.2 Å². The average molecular weight is 464 g/mol. The molecule has 1 saturated carbocycles. The Kier molecular flexibility index (Phi) is 8.74. The number of aliphatic imine (C=N–C) groups is 1. The molecule has 1 unspecified atom stereocenters. The standard InChI is InChI=1S/C28H34FN3O2/c1-5-13-24(30-3)27(33)32(25-19-12-11-18-23(25)29)26(22-17-10-9-14-20(22)2)28(34)31(4)21-15-7-6-8-16-21/h5,9-14,17-19,21,26H,6-8,15-16H2,1-4H3/b13-5-,30-24?. The van der Waals surface area contributed by atoms with Crippen LogP contribution in [0.1, 0.15) is 56.2 Å². The first-order chi connectivity index (χ1) is 16.4. The Hall–Kier alpha value is -3.28. The van der Waals surface area contributed by atoms with E-state index in [4.69, 9.17) is 0 Å². The lowest BCUT2D eigenvalue weighted by atomic mass is 9.92. The van der Waals surface area contributed by atoms with Crippen molar-refractivity contribution in [2.75, 3.05) is 19.0 Å². The van der Waals surface area contributed by atoms with Gasteiger partial charge in [-0.15, -0.1) is 0 Å². The Labute approximate surface area is 202 Å². The number of hydrogen-bond donors (Lipinski definition) is 0. The molecule has 6 heteroatoms. The lowest BCUT2D eigenvalue weighted by Crippen LogP contribution is -2.50. The van der Waals surface area contributed by atoms with Crippen LogP contribution in [0.4, 0.5) is 10.1 Å². The van der Waals surface area contributed by atoms with Crippen molar-refractivity contribution in [2.24, 2.45) is 4.99 Å². The van der Waals surface area contributed by atoms with E-state index in [1.165, 1.54) is 30.5 Å². The van der Waals surface area contributed by atoms with Crippen molar-refractivity contribution in [3.63, 3.8) is 0 Å². The van der Waals surface area contributed by atoms with Gasteiger partial charge in [0.15, 0.2) is 0 Å². The molecule has 1 aliphatic carbocycles. The fourth-order valence-corrected chi connectivity index (χ4v) is 4.65. The van der Waals surface area contributed by atoms with E-state index in [-0.39, 0.29) is 23.3 Å². The number of para-hydroxylation sites is 1. The molecule has 0 bridgehead atoms. The Bertz CT molecular complexity index is 1070. The predicted octanol–water partition coefficient (Wildman–Crippen LogP) is 5.65. The number of carbonyl (C=O) groups excluding carboxylic acids is 2. The molecule has 0 heterocycles. The SMILES string of the molecule is C/C=C\C(=NC)C(=O)N(c1ccccc1F)C(C(=O)N(C)C1CCCCC1)c1ccccc1C. The van der Waals surface area contributed by atoms with E-state index in [1.54, 1.807) is 43.2 Å². The highest BCUT2D eigenvalue weighted by Gasteiger charge is 2.39. The largest absolute Gasteiger partial charge is 0.341 e. The van der Waals surface area contributed by atoms with Crippen molar-refractivity contribution in [1.82, 2.24) is 4.90 Å². The third-order valence-electron chi connectivity index (χ3n) is 6.56. The molecule has 3 rings (SSSR count).